The van der Waals surface area contributed by atoms with Gasteiger partial charge in [-0.2, -0.15) is 0 Å². The van der Waals surface area contributed by atoms with E-state index >= 15 is 0 Å². The summed E-state index contributed by atoms with van der Waals surface area (Å²) in [7, 11) is 0. The van der Waals surface area contributed by atoms with E-state index in [1.54, 1.807) is 0 Å². The van der Waals surface area contributed by atoms with E-state index in [2.05, 4.69) is 18.8 Å². The molecule has 0 radical (unpaired) electrons. The fourth-order valence-electron chi connectivity index (χ4n) is 2.69. The minimum atomic E-state index is -0.498. The molecule has 1 aliphatic rings. The molecule has 0 N–H and O–H groups in total. The molecule has 0 aliphatic heterocycles. The molecule has 0 heterocycles. The molecule has 0 unspecified atom stereocenters. The fraction of sp³-hybridized carbons (Fsp3) is 0.533. The second-order valence-electron chi connectivity index (χ2n) is 5.59. The van der Waals surface area contributed by atoms with E-state index in [9.17, 15) is 15.2 Å². The lowest BCUT2D eigenvalue weighted by Crippen LogP contribution is -2.27. The molecule has 5 heteroatoms. The SMILES string of the molecule is C[C@@H]1[C@H](C)CCC[C@@H]1N=Cc1cc([N+](=O)[O-])ccc1[O-]. The highest BCUT2D eigenvalue weighted by molar-refractivity contribution is 5.84. The summed E-state index contributed by atoms with van der Waals surface area (Å²) in [6.45, 7) is 4.40. The minimum absolute atomic E-state index is 0.0730. The summed E-state index contributed by atoms with van der Waals surface area (Å²) in [4.78, 5) is 14.7. The van der Waals surface area contributed by atoms with Crippen LogP contribution in [0.5, 0.6) is 5.75 Å². The molecule has 0 saturated heterocycles. The van der Waals surface area contributed by atoms with Crippen molar-refractivity contribution in [1.29, 1.82) is 0 Å². The highest BCUT2D eigenvalue weighted by Gasteiger charge is 2.26. The molecule has 1 fully saturated rings. The summed E-state index contributed by atoms with van der Waals surface area (Å²) in [5, 5.41) is 22.4. The summed E-state index contributed by atoms with van der Waals surface area (Å²) >= 11 is 0. The van der Waals surface area contributed by atoms with Gasteiger partial charge in [-0.25, -0.2) is 0 Å². The first kappa shape index (κ1) is 14.5. The molecule has 2 rings (SSSR count). The molecule has 5 nitrogen and oxygen atoms in total. The predicted molar refractivity (Wildman–Crippen MR) is 76.1 cm³/mol. The normalized spacial score (nSPS) is 26.8. The number of non-ortho nitro benzene ring substituents is 1. The lowest BCUT2D eigenvalue weighted by atomic mass is 9.78. The van der Waals surface area contributed by atoms with Gasteiger partial charge in [0.15, 0.2) is 0 Å². The first-order valence-electron chi connectivity index (χ1n) is 6.97. The minimum Gasteiger partial charge on any atom is -0.872 e. The van der Waals surface area contributed by atoms with Crippen LogP contribution in [0, 0.1) is 22.0 Å². The Morgan fingerprint density at radius 1 is 1.35 bits per heavy atom. The standard InChI is InChI=1S/C15H20N2O3/c1-10-4-3-5-14(11(10)2)16-9-12-8-13(17(19)20)6-7-15(12)18/h6-11,14,18H,3-5H2,1-2H3/p-1/t10-,11-,14+/m1/s1. The summed E-state index contributed by atoms with van der Waals surface area (Å²) in [6.07, 6.45) is 4.89. The van der Waals surface area contributed by atoms with E-state index in [1.807, 2.05) is 0 Å². The number of rotatable bonds is 3. The maximum absolute atomic E-state index is 11.7. The van der Waals surface area contributed by atoms with Crippen molar-refractivity contribution < 1.29 is 10.0 Å². The van der Waals surface area contributed by atoms with Crippen LogP contribution < -0.4 is 5.11 Å². The number of nitro groups is 1. The van der Waals surface area contributed by atoms with Crippen LogP contribution >= 0.6 is 0 Å². The van der Waals surface area contributed by atoms with E-state index < -0.39 is 4.92 Å². The van der Waals surface area contributed by atoms with Crippen LogP contribution in [0.4, 0.5) is 5.69 Å². The van der Waals surface area contributed by atoms with Crippen molar-refractivity contribution in [3.8, 4) is 5.75 Å². The fourth-order valence-corrected chi connectivity index (χ4v) is 2.69. The summed E-state index contributed by atoms with van der Waals surface area (Å²) in [5.74, 6) is 0.882. The van der Waals surface area contributed by atoms with E-state index in [0.717, 1.165) is 12.8 Å². The molecule has 1 aliphatic carbocycles. The maximum atomic E-state index is 11.7. The Hall–Kier alpha value is -1.91. The zero-order valence-corrected chi connectivity index (χ0v) is 11.8. The van der Waals surface area contributed by atoms with E-state index in [0.29, 0.717) is 17.4 Å². The third-order valence-corrected chi connectivity index (χ3v) is 4.27. The lowest BCUT2D eigenvalue weighted by molar-refractivity contribution is -0.385. The monoisotopic (exact) mass is 275 g/mol. The molecular weight excluding hydrogens is 256 g/mol. The van der Waals surface area contributed by atoms with E-state index in [-0.39, 0.29) is 17.5 Å². The maximum Gasteiger partial charge on any atom is 0.270 e. The van der Waals surface area contributed by atoms with Crippen molar-refractivity contribution in [1.82, 2.24) is 0 Å². The molecule has 0 spiro atoms. The van der Waals surface area contributed by atoms with Gasteiger partial charge >= 0.3 is 0 Å². The average Bonchev–Trinajstić information content (AvgIpc) is 2.41. The van der Waals surface area contributed by atoms with Crippen LogP contribution in [0.3, 0.4) is 0 Å². The number of hydrogen-bond donors (Lipinski definition) is 0. The van der Waals surface area contributed by atoms with Crippen molar-refractivity contribution in [2.24, 2.45) is 16.8 Å². The first-order valence-corrected chi connectivity index (χ1v) is 6.97. The summed E-state index contributed by atoms with van der Waals surface area (Å²) < 4.78 is 0. The zero-order valence-electron chi connectivity index (χ0n) is 11.8. The molecule has 3 atom stereocenters. The first-order chi connectivity index (χ1) is 9.49. The van der Waals surface area contributed by atoms with Crippen molar-refractivity contribution in [2.45, 2.75) is 39.2 Å². The number of hydrogen-bond acceptors (Lipinski definition) is 4. The molecule has 108 valence electrons. The molecule has 0 bridgehead atoms. The molecular formula is C15H19N2O3-. The highest BCUT2D eigenvalue weighted by atomic mass is 16.6. The molecule has 1 aromatic carbocycles. The Balaban J connectivity index is 2.18. The van der Waals surface area contributed by atoms with Crippen molar-refractivity contribution in [3.05, 3.63) is 33.9 Å². The third kappa shape index (κ3) is 3.15. The average molecular weight is 275 g/mol. The number of nitro benzene ring substituents is 1. The topological polar surface area (TPSA) is 78.6 Å². The van der Waals surface area contributed by atoms with Crippen LogP contribution in [0.25, 0.3) is 0 Å². The lowest BCUT2D eigenvalue weighted by Gasteiger charge is -2.31. The van der Waals surface area contributed by atoms with Crippen molar-refractivity contribution in [3.63, 3.8) is 0 Å². The van der Waals surface area contributed by atoms with Crippen molar-refractivity contribution >= 4 is 11.9 Å². The van der Waals surface area contributed by atoms with Crippen LogP contribution in [0.2, 0.25) is 0 Å². The van der Waals surface area contributed by atoms with Gasteiger partial charge < -0.3 is 5.11 Å². The van der Waals surface area contributed by atoms with Crippen molar-refractivity contribution in [2.75, 3.05) is 0 Å². The van der Waals surface area contributed by atoms with Gasteiger partial charge in [0.1, 0.15) is 0 Å². The number of nitrogens with zero attached hydrogens (tertiary/aromatic N) is 2. The Kier molecular flexibility index (Phi) is 4.37. The number of benzene rings is 1. The Labute approximate surface area is 118 Å². The van der Waals surface area contributed by atoms with E-state index in [4.69, 9.17) is 0 Å². The summed E-state index contributed by atoms with van der Waals surface area (Å²) in [5.41, 5.74) is 0.223. The van der Waals surface area contributed by atoms with Gasteiger partial charge in [0.25, 0.3) is 5.69 Å². The van der Waals surface area contributed by atoms with Crippen LogP contribution in [0.1, 0.15) is 38.7 Å². The molecule has 0 aromatic heterocycles. The second-order valence-corrected chi connectivity index (χ2v) is 5.59. The largest absolute Gasteiger partial charge is 0.872 e. The van der Waals surface area contributed by atoms with Gasteiger partial charge in [0, 0.05) is 18.3 Å². The predicted octanol–water partition coefficient (Wildman–Crippen LogP) is 2.91. The van der Waals surface area contributed by atoms with Gasteiger partial charge in [0.05, 0.1) is 11.0 Å². The van der Waals surface area contributed by atoms with Gasteiger partial charge in [-0.1, -0.05) is 38.5 Å². The third-order valence-electron chi connectivity index (χ3n) is 4.27. The van der Waals surface area contributed by atoms with Crippen LogP contribution in [-0.2, 0) is 0 Å². The Bertz CT molecular complexity index is 528. The second kappa shape index (κ2) is 6.03. The van der Waals surface area contributed by atoms with Crippen LogP contribution in [0.15, 0.2) is 23.2 Å². The quantitative estimate of drug-likeness (QED) is 0.483. The van der Waals surface area contributed by atoms with Gasteiger partial charge in [-0.3, -0.25) is 15.1 Å². The van der Waals surface area contributed by atoms with Crippen LogP contribution in [-0.4, -0.2) is 17.2 Å². The molecule has 1 aromatic rings. The Morgan fingerprint density at radius 2 is 2.10 bits per heavy atom. The van der Waals surface area contributed by atoms with E-state index in [1.165, 1.54) is 30.8 Å². The molecule has 0 amide bonds. The smallest absolute Gasteiger partial charge is 0.270 e. The zero-order chi connectivity index (χ0) is 14.7. The van der Waals surface area contributed by atoms with Gasteiger partial charge in [-0.15, -0.1) is 0 Å². The highest BCUT2D eigenvalue weighted by Crippen LogP contribution is 2.31. The Morgan fingerprint density at radius 3 is 2.80 bits per heavy atom. The summed E-state index contributed by atoms with van der Waals surface area (Å²) in [6, 6.07) is 3.96. The van der Waals surface area contributed by atoms with Gasteiger partial charge in [0.2, 0.25) is 0 Å². The van der Waals surface area contributed by atoms with Gasteiger partial charge in [-0.05, 0) is 23.8 Å². The number of aliphatic imine (C=N–C) groups is 1. The molecule has 20 heavy (non-hydrogen) atoms. The molecule has 1 saturated carbocycles.